The van der Waals surface area contributed by atoms with Crippen molar-refractivity contribution in [3.05, 3.63) is 23.8 Å². The number of aliphatic hydroxyl groups excluding tert-OH is 2. The Labute approximate surface area is 137 Å². The molecule has 0 aromatic rings. The van der Waals surface area contributed by atoms with Gasteiger partial charge in [-0.1, -0.05) is 43.6 Å². The third kappa shape index (κ3) is 8.14. The lowest BCUT2D eigenvalue weighted by Crippen LogP contribution is -2.22. The molecule has 0 amide bonds. The predicted octanol–water partition coefficient (Wildman–Crippen LogP) is 5.01. The minimum atomic E-state index is -0.0634. The summed E-state index contributed by atoms with van der Waals surface area (Å²) in [5.74, 6) is 1.19. The Balaban J connectivity index is 0.000000220. The highest BCUT2D eigenvalue weighted by molar-refractivity contribution is 4.98. The number of aliphatic hydroxyl groups is 2. The summed E-state index contributed by atoms with van der Waals surface area (Å²) in [4.78, 5) is 0. The highest BCUT2D eigenvalue weighted by atomic mass is 16.3. The van der Waals surface area contributed by atoms with Crippen LogP contribution in [0.2, 0.25) is 0 Å². The van der Waals surface area contributed by atoms with Crippen molar-refractivity contribution >= 4 is 0 Å². The monoisotopic (exact) mass is 308 g/mol. The fraction of sp³-hybridized carbons (Fsp3) is 0.800. The largest absolute Gasteiger partial charge is 0.393 e. The molecule has 0 radical (unpaired) electrons. The van der Waals surface area contributed by atoms with E-state index in [1.165, 1.54) is 37.7 Å². The van der Waals surface area contributed by atoms with Crippen molar-refractivity contribution in [2.45, 2.75) is 90.8 Å². The highest BCUT2D eigenvalue weighted by Gasteiger charge is 2.19. The standard InChI is InChI=1S/2C10H18O/c1-8(2)7-9-3-5-10(11)6-4-9;1-2-3-6-9-7-4-5-8-10(9)11/h7,9-11H,3-6H2,1-2H3;3,6,9-11H,2,4-5,7-8H2,1H3. The van der Waals surface area contributed by atoms with Crippen LogP contribution in [0.15, 0.2) is 23.8 Å². The van der Waals surface area contributed by atoms with Crippen molar-refractivity contribution in [1.29, 1.82) is 0 Å². The van der Waals surface area contributed by atoms with E-state index in [0.29, 0.717) is 5.92 Å². The van der Waals surface area contributed by atoms with E-state index < -0.39 is 0 Å². The van der Waals surface area contributed by atoms with Gasteiger partial charge in [-0.05, 0) is 64.7 Å². The van der Waals surface area contributed by atoms with Crippen molar-refractivity contribution in [2.24, 2.45) is 11.8 Å². The summed E-state index contributed by atoms with van der Waals surface area (Å²) in [6.45, 7) is 6.42. The molecule has 0 aliphatic heterocycles. The summed E-state index contributed by atoms with van der Waals surface area (Å²) in [6, 6.07) is 0. The Morgan fingerprint density at radius 2 is 1.59 bits per heavy atom. The second-order valence-electron chi connectivity index (χ2n) is 7.16. The second kappa shape index (κ2) is 11.0. The third-order valence-corrected chi connectivity index (χ3v) is 4.71. The Morgan fingerprint density at radius 3 is 2.14 bits per heavy atom. The smallest absolute Gasteiger partial charge is 0.0602 e. The average molecular weight is 309 g/mol. The fourth-order valence-corrected chi connectivity index (χ4v) is 3.42. The van der Waals surface area contributed by atoms with Crippen LogP contribution in [0.4, 0.5) is 0 Å². The van der Waals surface area contributed by atoms with Gasteiger partial charge < -0.3 is 10.2 Å². The van der Waals surface area contributed by atoms with E-state index in [0.717, 1.165) is 31.6 Å². The molecule has 0 saturated heterocycles. The van der Waals surface area contributed by atoms with Gasteiger partial charge in [0.2, 0.25) is 0 Å². The molecule has 0 bridgehead atoms. The third-order valence-electron chi connectivity index (χ3n) is 4.71. The minimum Gasteiger partial charge on any atom is -0.393 e. The molecular formula is C20H36O2. The van der Waals surface area contributed by atoms with Crippen LogP contribution in [-0.2, 0) is 0 Å². The van der Waals surface area contributed by atoms with E-state index in [2.05, 4.69) is 39.0 Å². The molecule has 2 aliphatic rings. The molecule has 2 saturated carbocycles. The van der Waals surface area contributed by atoms with E-state index in [1.54, 1.807) is 0 Å². The van der Waals surface area contributed by atoms with E-state index in [1.807, 2.05) is 0 Å². The number of allylic oxidation sites excluding steroid dienone is 3. The van der Waals surface area contributed by atoms with Crippen molar-refractivity contribution in [1.82, 2.24) is 0 Å². The van der Waals surface area contributed by atoms with Crippen LogP contribution in [0.3, 0.4) is 0 Å². The fourth-order valence-electron chi connectivity index (χ4n) is 3.42. The van der Waals surface area contributed by atoms with Crippen LogP contribution in [-0.4, -0.2) is 22.4 Å². The quantitative estimate of drug-likeness (QED) is 0.720. The van der Waals surface area contributed by atoms with E-state index in [-0.39, 0.29) is 12.2 Å². The van der Waals surface area contributed by atoms with E-state index in [4.69, 9.17) is 0 Å². The van der Waals surface area contributed by atoms with Crippen molar-refractivity contribution in [3.8, 4) is 0 Å². The van der Waals surface area contributed by atoms with Crippen LogP contribution in [0.25, 0.3) is 0 Å². The molecule has 2 atom stereocenters. The van der Waals surface area contributed by atoms with Crippen LogP contribution in [0.5, 0.6) is 0 Å². The first-order valence-corrected chi connectivity index (χ1v) is 9.20. The van der Waals surface area contributed by atoms with Crippen LogP contribution in [0.1, 0.15) is 78.6 Å². The zero-order chi connectivity index (χ0) is 16.4. The molecule has 2 unspecified atom stereocenters. The maximum absolute atomic E-state index is 9.54. The topological polar surface area (TPSA) is 40.5 Å². The summed E-state index contributed by atoms with van der Waals surface area (Å²) in [7, 11) is 0. The lowest BCUT2D eigenvalue weighted by Gasteiger charge is -2.24. The maximum atomic E-state index is 9.54. The Hall–Kier alpha value is -0.600. The summed E-state index contributed by atoms with van der Waals surface area (Å²) in [5, 5.41) is 18.8. The molecule has 22 heavy (non-hydrogen) atoms. The molecule has 2 nitrogen and oxygen atoms in total. The maximum Gasteiger partial charge on any atom is 0.0602 e. The lowest BCUT2D eigenvalue weighted by atomic mass is 9.86. The molecule has 0 spiro atoms. The molecule has 2 rings (SSSR count). The zero-order valence-corrected chi connectivity index (χ0v) is 14.8. The predicted molar refractivity (Wildman–Crippen MR) is 94.8 cm³/mol. The van der Waals surface area contributed by atoms with Crippen molar-refractivity contribution < 1.29 is 10.2 Å². The van der Waals surface area contributed by atoms with E-state index >= 15 is 0 Å². The lowest BCUT2D eigenvalue weighted by molar-refractivity contribution is 0.0926. The Morgan fingerprint density at radius 1 is 0.955 bits per heavy atom. The first-order chi connectivity index (χ1) is 10.5. The van der Waals surface area contributed by atoms with Crippen molar-refractivity contribution in [2.75, 3.05) is 0 Å². The zero-order valence-electron chi connectivity index (χ0n) is 14.8. The molecule has 2 fully saturated rings. The van der Waals surface area contributed by atoms with E-state index in [9.17, 15) is 10.2 Å². The Bertz CT molecular complexity index is 334. The van der Waals surface area contributed by atoms with Crippen LogP contribution < -0.4 is 0 Å². The minimum absolute atomic E-state index is 0.0168. The van der Waals surface area contributed by atoms with Gasteiger partial charge in [0, 0.05) is 5.92 Å². The van der Waals surface area contributed by atoms with Gasteiger partial charge in [-0.25, -0.2) is 0 Å². The molecule has 128 valence electrons. The van der Waals surface area contributed by atoms with Gasteiger partial charge in [-0.15, -0.1) is 0 Å². The molecule has 0 aromatic carbocycles. The summed E-state index contributed by atoms with van der Waals surface area (Å²) in [5.41, 5.74) is 1.41. The normalized spacial score (nSPS) is 32.2. The SMILES string of the molecule is CC(C)=CC1CCC(O)CC1.CCC=CC1CCCCC1O. The van der Waals surface area contributed by atoms with Gasteiger partial charge in [0.15, 0.2) is 0 Å². The molecule has 0 heterocycles. The van der Waals surface area contributed by atoms with Gasteiger partial charge in [-0.3, -0.25) is 0 Å². The number of hydrogen-bond donors (Lipinski definition) is 2. The summed E-state index contributed by atoms with van der Waals surface area (Å²) < 4.78 is 0. The van der Waals surface area contributed by atoms with Gasteiger partial charge in [0.25, 0.3) is 0 Å². The van der Waals surface area contributed by atoms with Gasteiger partial charge in [0.1, 0.15) is 0 Å². The van der Waals surface area contributed by atoms with Crippen molar-refractivity contribution in [3.63, 3.8) is 0 Å². The number of rotatable bonds is 3. The molecule has 2 heteroatoms. The summed E-state index contributed by atoms with van der Waals surface area (Å²) >= 11 is 0. The molecule has 0 aromatic heterocycles. The first-order valence-electron chi connectivity index (χ1n) is 9.20. The molecule has 2 N–H and O–H groups in total. The number of hydrogen-bond acceptors (Lipinski definition) is 2. The molecule has 2 aliphatic carbocycles. The highest BCUT2D eigenvalue weighted by Crippen LogP contribution is 2.26. The van der Waals surface area contributed by atoms with Gasteiger partial charge in [0.05, 0.1) is 12.2 Å². The Kier molecular flexibility index (Phi) is 9.74. The van der Waals surface area contributed by atoms with Crippen LogP contribution >= 0.6 is 0 Å². The van der Waals surface area contributed by atoms with Crippen LogP contribution in [0, 0.1) is 11.8 Å². The molecular weight excluding hydrogens is 272 g/mol. The first kappa shape index (κ1) is 19.4. The second-order valence-corrected chi connectivity index (χ2v) is 7.16. The average Bonchev–Trinajstić information content (AvgIpc) is 2.49. The van der Waals surface area contributed by atoms with Gasteiger partial charge in [-0.2, -0.15) is 0 Å². The van der Waals surface area contributed by atoms with Gasteiger partial charge >= 0.3 is 0 Å². The summed E-state index contributed by atoms with van der Waals surface area (Å²) in [6.07, 6.45) is 16.7.